The van der Waals surface area contributed by atoms with Crippen LogP contribution in [0.1, 0.15) is 16.7 Å². The lowest BCUT2D eigenvalue weighted by atomic mass is 10.0. The van der Waals surface area contributed by atoms with Gasteiger partial charge in [-0.15, -0.1) is 0 Å². The molecule has 0 fully saturated rings. The van der Waals surface area contributed by atoms with Crippen molar-refractivity contribution in [3.05, 3.63) is 101 Å². The van der Waals surface area contributed by atoms with Gasteiger partial charge in [0.1, 0.15) is 30.5 Å². The second-order valence-electron chi connectivity index (χ2n) is 7.19. The van der Waals surface area contributed by atoms with Crippen molar-refractivity contribution < 1.29 is 19.4 Å². The van der Waals surface area contributed by atoms with E-state index in [1.807, 2.05) is 60.7 Å². The van der Waals surface area contributed by atoms with E-state index < -0.39 is 0 Å². The zero-order chi connectivity index (χ0) is 20.9. The largest absolute Gasteiger partial charge is 0.510 e. The van der Waals surface area contributed by atoms with Crippen LogP contribution in [-0.2, 0) is 18.0 Å². The number of carbonyl (C=O) groups is 1. The lowest BCUT2D eigenvalue weighted by molar-refractivity contribution is -0.122. The van der Waals surface area contributed by atoms with Crippen LogP contribution in [0.15, 0.2) is 84.6 Å². The van der Waals surface area contributed by atoms with Gasteiger partial charge in [-0.25, -0.2) is 0 Å². The number of amides is 1. The number of ether oxygens (including phenoxy) is 2. The quantitative estimate of drug-likeness (QED) is 0.629. The Labute approximate surface area is 175 Å². The summed E-state index contributed by atoms with van der Waals surface area (Å²) in [6.07, 6.45) is 0. The molecule has 0 bridgehead atoms. The first-order valence-corrected chi connectivity index (χ1v) is 9.77. The molecule has 0 unspecified atom stereocenters. The van der Waals surface area contributed by atoms with Gasteiger partial charge in [0.2, 0.25) is 0 Å². The van der Waals surface area contributed by atoms with E-state index in [-0.39, 0.29) is 23.8 Å². The summed E-state index contributed by atoms with van der Waals surface area (Å²) in [6, 6.07) is 25.0. The normalized spacial score (nSPS) is 13.6. The minimum absolute atomic E-state index is 0.0463. The third-order valence-corrected chi connectivity index (χ3v) is 4.94. The highest BCUT2D eigenvalue weighted by atomic mass is 16.5. The lowest BCUT2D eigenvalue weighted by Crippen LogP contribution is -2.21. The molecule has 3 aromatic rings. The summed E-state index contributed by atoms with van der Waals surface area (Å²) in [7, 11) is 1.66. The van der Waals surface area contributed by atoms with Crippen molar-refractivity contribution in [1.82, 2.24) is 4.90 Å². The highest BCUT2D eigenvalue weighted by Gasteiger charge is 2.31. The Kier molecular flexibility index (Phi) is 5.70. The summed E-state index contributed by atoms with van der Waals surface area (Å²) in [5, 5.41) is 10.3. The fourth-order valence-corrected chi connectivity index (χ4v) is 3.36. The van der Waals surface area contributed by atoms with Crippen LogP contribution in [-0.4, -0.2) is 29.5 Å². The molecule has 1 aliphatic heterocycles. The van der Waals surface area contributed by atoms with Gasteiger partial charge >= 0.3 is 0 Å². The first-order valence-electron chi connectivity index (χ1n) is 9.77. The summed E-state index contributed by atoms with van der Waals surface area (Å²) in [5.74, 6) is 0.944. The molecular weight excluding hydrogens is 378 g/mol. The monoisotopic (exact) mass is 401 g/mol. The summed E-state index contributed by atoms with van der Waals surface area (Å²) in [6.45, 7) is 0.959. The number of hydrogen-bond donors (Lipinski definition) is 1. The average Bonchev–Trinajstić information content (AvgIpc) is 3.03. The molecule has 30 heavy (non-hydrogen) atoms. The molecule has 1 heterocycles. The summed E-state index contributed by atoms with van der Waals surface area (Å²) in [4.78, 5) is 14.0. The second kappa shape index (κ2) is 8.74. The van der Waals surface area contributed by atoms with Gasteiger partial charge in [0, 0.05) is 18.7 Å². The number of benzene rings is 3. The van der Waals surface area contributed by atoms with E-state index in [1.165, 1.54) is 4.90 Å². The molecule has 1 N–H and O–H groups in total. The maximum atomic E-state index is 12.6. The SMILES string of the molecule is CN1CC(O)=C(c2ccc(OCc3ccccc3)cc2OCc2ccccc2)C1=O. The van der Waals surface area contributed by atoms with Crippen molar-refractivity contribution in [2.24, 2.45) is 0 Å². The highest BCUT2D eigenvalue weighted by Crippen LogP contribution is 2.35. The van der Waals surface area contributed by atoms with Crippen LogP contribution < -0.4 is 9.47 Å². The summed E-state index contributed by atoms with van der Waals surface area (Å²) >= 11 is 0. The molecule has 0 aromatic heterocycles. The lowest BCUT2D eigenvalue weighted by Gasteiger charge is -2.15. The first-order chi connectivity index (χ1) is 14.6. The molecule has 1 aliphatic rings. The Morgan fingerprint density at radius 2 is 1.47 bits per heavy atom. The van der Waals surface area contributed by atoms with Gasteiger partial charge in [0.25, 0.3) is 5.91 Å². The van der Waals surface area contributed by atoms with Gasteiger partial charge in [0.05, 0.1) is 12.1 Å². The van der Waals surface area contributed by atoms with E-state index in [9.17, 15) is 9.90 Å². The van der Waals surface area contributed by atoms with Crippen molar-refractivity contribution in [2.75, 3.05) is 13.6 Å². The molecule has 0 radical (unpaired) electrons. The molecule has 152 valence electrons. The number of aliphatic hydroxyl groups excluding tert-OH is 1. The van der Waals surface area contributed by atoms with E-state index in [4.69, 9.17) is 9.47 Å². The van der Waals surface area contributed by atoms with E-state index in [2.05, 4.69) is 0 Å². The van der Waals surface area contributed by atoms with Gasteiger partial charge in [-0.2, -0.15) is 0 Å². The zero-order valence-corrected chi connectivity index (χ0v) is 16.7. The van der Waals surface area contributed by atoms with Gasteiger partial charge in [0.15, 0.2) is 0 Å². The zero-order valence-electron chi connectivity index (χ0n) is 16.7. The Bertz CT molecular complexity index is 1060. The van der Waals surface area contributed by atoms with E-state index in [0.29, 0.717) is 30.3 Å². The van der Waals surface area contributed by atoms with Crippen LogP contribution in [0.4, 0.5) is 0 Å². The fourth-order valence-electron chi connectivity index (χ4n) is 3.36. The third-order valence-electron chi connectivity index (χ3n) is 4.94. The van der Waals surface area contributed by atoms with Crippen LogP contribution in [0.2, 0.25) is 0 Å². The second-order valence-corrected chi connectivity index (χ2v) is 7.19. The first kappa shape index (κ1) is 19.6. The summed E-state index contributed by atoms with van der Waals surface area (Å²) in [5.41, 5.74) is 2.90. The number of nitrogens with zero attached hydrogens (tertiary/aromatic N) is 1. The number of rotatable bonds is 7. The molecule has 0 aliphatic carbocycles. The smallest absolute Gasteiger partial charge is 0.258 e. The maximum Gasteiger partial charge on any atom is 0.258 e. The van der Waals surface area contributed by atoms with Crippen LogP contribution in [0, 0.1) is 0 Å². The molecular formula is C25H23NO4. The maximum absolute atomic E-state index is 12.6. The molecule has 4 rings (SSSR count). The predicted molar refractivity (Wildman–Crippen MR) is 115 cm³/mol. The molecule has 0 saturated carbocycles. The number of likely N-dealkylation sites (N-methyl/N-ethyl adjacent to an activating group) is 1. The molecule has 0 saturated heterocycles. The van der Waals surface area contributed by atoms with Crippen LogP contribution in [0.3, 0.4) is 0 Å². The van der Waals surface area contributed by atoms with Gasteiger partial charge in [-0.3, -0.25) is 4.79 Å². The standard InChI is InChI=1S/C25H23NO4/c1-26-15-22(27)24(25(26)28)21-13-12-20(29-16-18-8-4-2-5-9-18)14-23(21)30-17-19-10-6-3-7-11-19/h2-14,27H,15-17H2,1H3. The summed E-state index contributed by atoms with van der Waals surface area (Å²) < 4.78 is 12.0. The van der Waals surface area contributed by atoms with Gasteiger partial charge < -0.3 is 19.5 Å². The predicted octanol–water partition coefficient (Wildman–Crippen LogP) is 4.59. The average molecular weight is 401 g/mol. The molecule has 5 nitrogen and oxygen atoms in total. The van der Waals surface area contributed by atoms with Crippen molar-refractivity contribution in [2.45, 2.75) is 13.2 Å². The molecule has 5 heteroatoms. The fraction of sp³-hybridized carbons (Fsp3) is 0.160. The number of carbonyl (C=O) groups excluding carboxylic acids is 1. The minimum atomic E-state index is -0.227. The van der Waals surface area contributed by atoms with Gasteiger partial charge in [-0.05, 0) is 23.3 Å². The van der Waals surface area contributed by atoms with Crippen molar-refractivity contribution in [3.8, 4) is 11.5 Å². The third kappa shape index (κ3) is 4.30. The highest BCUT2D eigenvalue weighted by molar-refractivity contribution is 6.22. The minimum Gasteiger partial charge on any atom is -0.510 e. The van der Waals surface area contributed by atoms with Crippen LogP contribution in [0.25, 0.3) is 5.57 Å². The molecule has 3 aromatic carbocycles. The molecule has 0 atom stereocenters. The number of hydrogen-bond acceptors (Lipinski definition) is 4. The van der Waals surface area contributed by atoms with Crippen LogP contribution >= 0.6 is 0 Å². The Hall–Kier alpha value is -3.73. The van der Waals surface area contributed by atoms with Crippen molar-refractivity contribution in [1.29, 1.82) is 0 Å². The Morgan fingerprint density at radius 3 is 2.03 bits per heavy atom. The molecule has 1 amide bonds. The van der Waals surface area contributed by atoms with Crippen molar-refractivity contribution in [3.63, 3.8) is 0 Å². The van der Waals surface area contributed by atoms with E-state index in [0.717, 1.165) is 11.1 Å². The van der Waals surface area contributed by atoms with E-state index in [1.54, 1.807) is 25.2 Å². The van der Waals surface area contributed by atoms with Crippen molar-refractivity contribution >= 4 is 11.5 Å². The van der Waals surface area contributed by atoms with E-state index >= 15 is 0 Å². The number of aliphatic hydroxyl groups is 1. The van der Waals surface area contributed by atoms with Crippen LogP contribution in [0.5, 0.6) is 11.5 Å². The topological polar surface area (TPSA) is 59.0 Å². The Balaban J connectivity index is 1.61. The Morgan fingerprint density at radius 1 is 0.867 bits per heavy atom. The van der Waals surface area contributed by atoms with Gasteiger partial charge in [-0.1, -0.05) is 60.7 Å². The molecule has 0 spiro atoms.